The van der Waals surface area contributed by atoms with E-state index in [1.165, 1.54) is 0 Å². The van der Waals surface area contributed by atoms with Gasteiger partial charge in [0.15, 0.2) is 0 Å². The van der Waals surface area contributed by atoms with E-state index in [9.17, 15) is 8.42 Å². The van der Waals surface area contributed by atoms with Crippen LogP contribution in [-0.4, -0.2) is 33.6 Å². The Morgan fingerprint density at radius 3 is 1.52 bits per heavy atom. The van der Waals surface area contributed by atoms with E-state index in [1.807, 2.05) is 19.1 Å². The fourth-order valence-electron chi connectivity index (χ4n) is 4.46. The molecule has 3 nitrogen and oxygen atoms in total. The van der Waals surface area contributed by atoms with Crippen molar-refractivity contribution in [1.82, 2.24) is 0 Å². The molecule has 0 aliphatic carbocycles. The Hall–Kier alpha value is -0.440. The van der Waals surface area contributed by atoms with Crippen molar-refractivity contribution in [1.29, 1.82) is 0 Å². The van der Waals surface area contributed by atoms with Gasteiger partial charge in [-0.15, -0.1) is 0 Å². The van der Waals surface area contributed by atoms with Crippen molar-refractivity contribution < 1.29 is 12.4 Å². The van der Waals surface area contributed by atoms with Gasteiger partial charge in [-0.1, -0.05) is 0 Å². The standard InChI is InChI=1S/C20H37O3PS/c1-16(2)13-24(8,14-17(3)4,15-18(5)6)23-25(21,22)20-11-9-19(7)10-12-20/h9-12,16-18H,13-15H2,1-8H3. The molecule has 0 bridgehead atoms. The van der Waals surface area contributed by atoms with Gasteiger partial charge in [-0.2, -0.15) is 0 Å². The molecule has 0 fully saturated rings. The first-order valence-electron chi connectivity index (χ1n) is 9.29. The van der Waals surface area contributed by atoms with Gasteiger partial charge in [0, 0.05) is 0 Å². The average molecular weight is 389 g/mol. The van der Waals surface area contributed by atoms with E-state index in [-0.39, 0.29) is 4.90 Å². The van der Waals surface area contributed by atoms with E-state index in [2.05, 4.69) is 48.2 Å². The van der Waals surface area contributed by atoms with Gasteiger partial charge in [0.25, 0.3) is 0 Å². The van der Waals surface area contributed by atoms with Gasteiger partial charge in [-0.25, -0.2) is 0 Å². The van der Waals surface area contributed by atoms with Crippen LogP contribution < -0.4 is 0 Å². The molecule has 0 radical (unpaired) electrons. The summed E-state index contributed by atoms with van der Waals surface area (Å²) >= 11 is 0. The Balaban J connectivity index is 3.41. The first kappa shape index (κ1) is 22.6. The predicted molar refractivity (Wildman–Crippen MR) is 111 cm³/mol. The summed E-state index contributed by atoms with van der Waals surface area (Å²) in [5, 5.41) is 0. The molecule has 1 rings (SSSR count). The van der Waals surface area contributed by atoms with E-state index >= 15 is 0 Å². The number of hydrogen-bond donors (Lipinski definition) is 0. The summed E-state index contributed by atoms with van der Waals surface area (Å²) < 4.78 is 32.5. The molecule has 0 aliphatic heterocycles. The molecule has 5 heteroatoms. The first-order chi connectivity index (χ1) is 11.3. The van der Waals surface area contributed by atoms with Crippen molar-refractivity contribution >= 4 is 16.9 Å². The Morgan fingerprint density at radius 2 is 1.20 bits per heavy atom. The second-order valence-electron chi connectivity index (χ2n) is 9.26. The van der Waals surface area contributed by atoms with Crippen LogP contribution in [0, 0.1) is 24.7 Å². The third-order valence-electron chi connectivity index (χ3n) is 4.28. The Morgan fingerprint density at radius 1 is 0.840 bits per heavy atom. The summed E-state index contributed by atoms with van der Waals surface area (Å²) in [5.41, 5.74) is 1.04. The third kappa shape index (κ3) is 6.66. The molecule has 0 saturated carbocycles. The predicted octanol–water partition coefficient (Wildman–Crippen LogP) is 5.77. The van der Waals surface area contributed by atoms with Crippen molar-refractivity contribution in [3.63, 3.8) is 0 Å². The summed E-state index contributed by atoms with van der Waals surface area (Å²) in [6.45, 7) is 14.2. The van der Waals surface area contributed by atoms with E-state index in [1.54, 1.807) is 12.1 Å². The quantitative estimate of drug-likeness (QED) is 0.505. The molecule has 0 atom stereocenters. The van der Waals surface area contributed by atoms with Gasteiger partial charge in [0.2, 0.25) is 0 Å². The fourth-order valence-corrected chi connectivity index (χ4v) is 15.1. The van der Waals surface area contributed by atoms with Gasteiger partial charge in [0.1, 0.15) is 0 Å². The zero-order valence-corrected chi connectivity index (χ0v) is 19.0. The van der Waals surface area contributed by atoms with E-state index in [0.717, 1.165) is 24.0 Å². The van der Waals surface area contributed by atoms with E-state index in [0.29, 0.717) is 17.8 Å². The SMILES string of the molecule is Cc1ccc(S(=O)(=O)OP(C)(CC(C)C)(CC(C)C)CC(C)C)cc1. The number of benzene rings is 1. The Kier molecular flexibility index (Phi) is 7.29. The van der Waals surface area contributed by atoms with Crippen molar-refractivity contribution in [2.24, 2.45) is 17.8 Å². The maximum atomic E-state index is 13.1. The molecule has 0 unspecified atom stereocenters. The van der Waals surface area contributed by atoms with Crippen LogP contribution in [0.4, 0.5) is 0 Å². The number of hydrogen-bond acceptors (Lipinski definition) is 3. The molecule has 0 spiro atoms. The van der Waals surface area contributed by atoms with Crippen molar-refractivity contribution in [3.05, 3.63) is 29.8 Å². The monoisotopic (exact) mass is 388 g/mol. The van der Waals surface area contributed by atoms with Crippen LogP contribution in [0.2, 0.25) is 0 Å². The van der Waals surface area contributed by atoms with Gasteiger partial charge in [0.05, 0.1) is 0 Å². The van der Waals surface area contributed by atoms with Gasteiger partial charge in [-0.05, 0) is 0 Å². The number of aryl methyl sites for hydroxylation is 1. The summed E-state index contributed by atoms with van der Waals surface area (Å²) in [6.07, 6.45) is 2.52. The molecule has 0 aromatic heterocycles. The zero-order valence-electron chi connectivity index (χ0n) is 17.2. The van der Waals surface area contributed by atoms with Crippen LogP contribution in [0.1, 0.15) is 47.1 Å². The second kappa shape index (κ2) is 8.06. The summed E-state index contributed by atoms with van der Waals surface area (Å²) in [7, 11) is -3.77. The molecule has 0 saturated heterocycles. The molecule has 0 heterocycles. The molecule has 146 valence electrons. The van der Waals surface area contributed by atoms with Crippen LogP contribution in [0.25, 0.3) is 0 Å². The molecular weight excluding hydrogens is 351 g/mol. The molecule has 25 heavy (non-hydrogen) atoms. The van der Waals surface area contributed by atoms with Crippen molar-refractivity contribution in [2.75, 3.05) is 25.2 Å². The van der Waals surface area contributed by atoms with Gasteiger partial charge in [-0.3, -0.25) is 0 Å². The molecular formula is C20H37O3PS. The van der Waals surface area contributed by atoms with Crippen molar-refractivity contribution in [2.45, 2.75) is 53.4 Å². The minimum atomic E-state index is -3.77. The minimum absolute atomic E-state index is 0.269. The average Bonchev–Trinajstić information content (AvgIpc) is 2.33. The Bertz CT molecular complexity index is 631. The zero-order chi connectivity index (χ0) is 19.5. The summed E-state index contributed by atoms with van der Waals surface area (Å²) in [5.74, 6) is 1.19. The maximum absolute atomic E-state index is 13.1. The Labute approximate surface area is 155 Å². The third-order valence-corrected chi connectivity index (χ3v) is 13.1. The fraction of sp³-hybridized carbons (Fsp3) is 0.700. The normalized spacial score (nSPS) is 14.9. The van der Waals surface area contributed by atoms with Crippen LogP contribution >= 0.6 is 6.83 Å². The van der Waals surface area contributed by atoms with Crippen LogP contribution in [0.5, 0.6) is 0 Å². The summed E-state index contributed by atoms with van der Waals surface area (Å²) in [4.78, 5) is 0.269. The van der Waals surface area contributed by atoms with Gasteiger partial charge >= 0.3 is 155 Å². The van der Waals surface area contributed by atoms with E-state index < -0.39 is 16.9 Å². The number of rotatable bonds is 9. The second-order valence-corrected chi connectivity index (χ2v) is 16.7. The van der Waals surface area contributed by atoms with Crippen molar-refractivity contribution in [3.8, 4) is 0 Å². The molecule has 1 aromatic rings. The van der Waals surface area contributed by atoms with E-state index in [4.69, 9.17) is 3.97 Å². The van der Waals surface area contributed by atoms with Crippen LogP contribution in [0.15, 0.2) is 29.2 Å². The summed E-state index contributed by atoms with van der Waals surface area (Å²) in [6, 6.07) is 6.97. The van der Waals surface area contributed by atoms with Gasteiger partial charge < -0.3 is 0 Å². The topological polar surface area (TPSA) is 43.4 Å². The van der Waals surface area contributed by atoms with Crippen LogP contribution in [-0.2, 0) is 14.1 Å². The molecule has 0 amide bonds. The molecule has 1 aromatic carbocycles. The molecule has 0 aliphatic rings. The van der Waals surface area contributed by atoms with Crippen LogP contribution in [0.3, 0.4) is 0 Å². The molecule has 0 N–H and O–H groups in total. The first-order valence-corrected chi connectivity index (χ1v) is 13.9.